The molecule has 0 aliphatic heterocycles. The summed E-state index contributed by atoms with van der Waals surface area (Å²) in [4.78, 5) is 11.3. The molecule has 4 heteroatoms. The van der Waals surface area contributed by atoms with Crippen LogP contribution in [0.2, 0.25) is 0 Å². The molecular weight excluding hydrogens is 520 g/mol. The Hall–Kier alpha value is -1.39. The van der Waals surface area contributed by atoms with Gasteiger partial charge in [-0.2, -0.15) is 0 Å². The molecule has 1 aromatic carbocycles. The van der Waals surface area contributed by atoms with Gasteiger partial charge in [-0.15, -0.1) is 0 Å². The second-order valence-corrected chi connectivity index (χ2v) is 16.5. The van der Waals surface area contributed by atoms with Crippen LogP contribution in [0.5, 0.6) is 0 Å². The molecule has 5 fully saturated rings. The van der Waals surface area contributed by atoms with Crippen molar-refractivity contribution >= 4 is 5.97 Å². The average molecular weight is 579 g/mol. The molecular formula is C38H58O4. The van der Waals surface area contributed by atoms with E-state index in [1.807, 2.05) is 0 Å². The summed E-state index contributed by atoms with van der Waals surface area (Å²) in [6.45, 7) is 7.28. The van der Waals surface area contributed by atoms with Gasteiger partial charge in [-0.3, -0.25) is 4.79 Å². The number of carboxylic acid groups (broad SMARTS) is 1. The first kappa shape index (κ1) is 30.6. The summed E-state index contributed by atoms with van der Waals surface area (Å²) in [5, 5.41) is 33.0. The largest absolute Gasteiger partial charge is 0.481 e. The number of aliphatic hydroxyl groups is 2. The molecule has 0 aromatic heterocycles. The van der Waals surface area contributed by atoms with E-state index in [2.05, 4.69) is 51.1 Å². The van der Waals surface area contributed by atoms with Crippen LogP contribution in [0.1, 0.15) is 135 Å². The van der Waals surface area contributed by atoms with Crippen LogP contribution in [0.15, 0.2) is 30.3 Å². The number of benzene rings is 1. The lowest BCUT2D eigenvalue weighted by Crippen LogP contribution is -2.60. The summed E-state index contributed by atoms with van der Waals surface area (Å²) in [5.74, 6) is 3.65. The van der Waals surface area contributed by atoms with Crippen LogP contribution < -0.4 is 0 Å². The molecule has 10 atom stereocenters. The van der Waals surface area contributed by atoms with E-state index in [1.54, 1.807) is 0 Å². The van der Waals surface area contributed by atoms with Gasteiger partial charge >= 0.3 is 5.97 Å². The van der Waals surface area contributed by atoms with Crippen LogP contribution in [0.3, 0.4) is 0 Å². The predicted octanol–water partition coefficient (Wildman–Crippen LogP) is 8.60. The minimum Gasteiger partial charge on any atom is -0.481 e. The summed E-state index contributed by atoms with van der Waals surface area (Å²) in [5.41, 5.74) is 1.38. The number of hydrogen-bond acceptors (Lipinski definition) is 3. The van der Waals surface area contributed by atoms with Gasteiger partial charge in [0.15, 0.2) is 0 Å². The topological polar surface area (TPSA) is 77.8 Å². The van der Waals surface area contributed by atoms with Crippen molar-refractivity contribution < 1.29 is 20.1 Å². The minimum atomic E-state index is -0.681. The van der Waals surface area contributed by atoms with Crippen molar-refractivity contribution in [1.29, 1.82) is 0 Å². The Labute approximate surface area is 255 Å². The van der Waals surface area contributed by atoms with E-state index in [-0.39, 0.29) is 23.4 Å². The molecule has 3 N–H and O–H groups in total. The molecule has 0 heterocycles. The molecule has 234 valence electrons. The summed E-state index contributed by atoms with van der Waals surface area (Å²) in [6.07, 6.45) is 16.5. The first-order chi connectivity index (χ1) is 20.0. The zero-order chi connectivity index (χ0) is 29.7. The maximum Gasteiger partial charge on any atom is 0.303 e. The van der Waals surface area contributed by atoms with E-state index in [0.717, 1.165) is 50.9 Å². The number of fused-ring (bicyclic) bond motifs is 5. The second-order valence-electron chi connectivity index (χ2n) is 16.5. The molecule has 4 nitrogen and oxygen atoms in total. The van der Waals surface area contributed by atoms with Gasteiger partial charge in [-0.25, -0.2) is 0 Å². The first-order valence-corrected chi connectivity index (χ1v) is 17.7. The fourth-order valence-electron chi connectivity index (χ4n) is 12.0. The Morgan fingerprint density at radius 1 is 0.929 bits per heavy atom. The third-order valence-corrected chi connectivity index (χ3v) is 14.5. The van der Waals surface area contributed by atoms with Crippen molar-refractivity contribution in [2.75, 3.05) is 0 Å². The molecule has 42 heavy (non-hydrogen) atoms. The van der Waals surface area contributed by atoms with Gasteiger partial charge < -0.3 is 15.3 Å². The zero-order valence-corrected chi connectivity index (χ0v) is 26.6. The van der Waals surface area contributed by atoms with Gasteiger partial charge in [0.1, 0.15) is 0 Å². The van der Waals surface area contributed by atoms with Crippen molar-refractivity contribution in [1.82, 2.24) is 0 Å². The van der Waals surface area contributed by atoms with Crippen molar-refractivity contribution in [2.24, 2.45) is 52.3 Å². The lowest BCUT2D eigenvalue weighted by atomic mass is 9.43. The third kappa shape index (κ3) is 5.62. The first-order valence-electron chi connectivity index (χ1n) is 17.7. The van der Waals surface area contributed by atoms with Crippen molar-refractivity contribution in [3.63, 3.8) is 0 Å². The molecule has 0 radical (unpaired) electrons. The third-order valence-electron chi connectivity index (χ3n) is 14.5. The van der Waals surface area contributed by atoms with E-state index < -0.39 is 11.6 Å². The zero-order valence-electron chi connectivity index (χ0n) is 26.6. The Morgan fingerprint density at radius 3 is 2.36 bits per heavy atom. The lowest BCUT2D eigenvalue weighted by molar-refractivity contribution is -0.190. The van der Waals surface area contributed by atoms with Crippen LogP contribution >= 0.6 is 0 Å². The lowest BCUT2D eigenvalue weighted by Gasteiger charge is -2.63. The van der Waals surface area contributed by atoms with Crippen molar-refractivity contribution in [2.45, 2.75) is 141 Å². The van der Waals surface area contributed by atoms with E-state index in [9.17, 15) is 20.1 Å². The van der Waals surface area contributed by atoms with Gasteiger partial charge in [0.05, 0.1) is 11.7 Å². The highest BCUT2D eigenvalue weighted by Crippen LogP contribution is 2.69. The van der Waals surface area contributed by atoms with Crippen LogP contribution in [0, 0.1) is 52.3 Å². The summed E-state index contributed by atoms with van der Waals surface area (Å²) in [6, 6.07) is 11.0. The van der Waals surface area contributed by atoms with Gasteiger partial charge in [-0.1, -0.05) is 51.1 Å². The SMILES string of the molecule is C[C@H](CCC(=O)O)[C@H]1CC[C@H]2[C@@H]3[C@H](O)C[C@@H]4C[C@@](O)(CCC5CCC(c6ccccc6)CC5)CC[C@]4(C)[C@H]3CC[C@]12C. The fourth-order valence-corrected chi connectivity index (χ4v) is 12.0. The molecule has 0 saturated heterocycles. The monoisotopic (exact) mass is 578 g/mol. The van der Waals surface area contributed by atoms with Crippen molar-refractivity contribution in [3.8, 4) is 0 Å². The molecule has 5 aliphatic carbocycles. The Kier molecular flexibility index (Phi) is 8.64. The summed E-state index contributed by atoms with van der Waals surface area (Å²) < 4.78 is 0. The molecule has 0 amide bonds. The summed E-state index contributed by atoms with van der Waals surface area (Å²) >= 11 is 0. The maximum absolute atomic E-state index is 11.9. The van der Waals surface area contributed by atoms with Gasteiger partial charge in [0.2, 0.25) is 0 Å². The van der Waals surface area contributed by atoms with Gasteiger partial charge in [0, 0.05) is 6.42 Å². The molecule has 0 bridgehead atoms. The molecule has 1 aromatic rings. The van der Waals surface area contributed by atoms with E-state index >= 15 is 0 Å². The van der Waals surface area contributed by atoms with Gasteiger partial charge in [0.25, 0.3) is 0 Å². The van der Waals surface area contributed by atoms with E-state index in [0.29, 0.717) is 41.4 Å². The predicted molar refractivity (Wildman–Crippen MR) is 168 cm³/mol. The highest BCUT2D eigenvalue weighted by molar-refractivity contribution is 5.66. The number of aliphatic carboxylic acids is 1. The quantitative estimate of drug-likeness (QED) is 0.289. The van der Waals surface area contributed by atoms with Crippen LogP contribution in [0.4, 0.5) is 0 Å². The number of aliphatic hydroxyl groups excluding tert-OH is 1. The molecule has 6 rings (SSSR count). The molecule has 0 spiro atoms. The van der Waals surface area contributed by atoms with Crippen molar-refractivity contribution in [3.05, 3.63) is 35.9 Å². The highest BCUT2D eigenvalue weighted by atomic mass is 16.4. The molecule has 0 unspecified atom stereocenters. The second kappa shape index (κ2) is 11.8. The Balaban J connectivity index is 1.06. The number of hydrogen-bond donors (Lipinski definition) is 3. The molecule has 5 aliphatic rings. The Bertz CT molecular complexity index is 1080. The molecule has 5 saturated carbocycles. The number of rotatable bonds is 8. The maximum atomic E-state index is 11.9. The number of carbonyl (C=O) groups is 1. The van der Waals surface area contributed by atoms with Gasteiger partial charge in [-0.05, 0) is 160 Å². The Morgan fingerprint density at radius 2 is 1.64 bits per heavy atom. The van der Waals surface area contributed by atoms with Crippen LogP contribution in [-0.4, -0.2) is 33.0 Å². The van der Waals surface area contributed by atoms with Crippen LogP contribution in [-0.2, 0) is 4.79 Å². The normalized spacial score (nSPS) is 45.8. The minimum absolute atomic E-state index is 0.220. The standard InChI is InChI=1S/C38H58O4/c1-25(9-16-34(40)41)30-14-15-31-35-32(18-19-37(30,31)3)36(2)21-22-38(42,24-29(36)23-33(35)39)20-17-26-10-12-28(13-11-26)27-7-5-4-6-8-27/h4-8,25-26,28-33,35,39,42H,9-24H2,1-3H3,(H,40,41)/t25-,26?,28?,29-,30-,31+,32+,33-,35+,36+,37-,38-/m1/s1. The fraction of sp³-hybridized carbons (Fsp3) is 0.816. The van der Waals surface area contributed by atoms with E-state index in [4.69, 9.17) is 0 Å². The van der Waals surface area contributed by atoms with E-state index in [1.165, 1.54) is 56.9 Å². The summed E-state index contributed by atoms with van der Waals surface area (Å²) in [7, 11) is 0. The smallest absolute Gasteiger partial charge is 0.303 e. The highest BCUT2D eigenvalue weighted by Gasteiger charge is 2.63. The number of carboxylic acids is 1. The average Bonchev–Trinajstić information content (AvgIpc) is 3.34. The van der Waals surface area contributed by atoms with Crippen LogP contribution in [0.25, 0.3) is 0 Å².